The van der Waals surface area contributed by atoms with E-state index in [9.17, 15) is 4.79 Å². The van der Waals surface area contributed by atoms with Gasteiger partial charge in [0.15, 0.2) is 0 Å². The summed E-state index contributed by atoms with van der Waals surface area (Å²) in [5.74, 6) is 2.04. The van der Waals surface area contributed by atoms with Gasteiger partial charge in [0.05, 0.1) is 13.0 Å². The number of nitrogens with zero attached hydrogens (tertiary/aromatic N) is 3. The first-order valence-corrected chi connectivity index (χ1v) is 8.44. The third-order valence-corrected chi connectivity index (χ3v) is 4.83. The molecule has 0 saturated carbocycles. The fourth-order valence-corrected chi connectivity index (χ4v) is 3.56. The summed E-state index contributed by atoms with van der Waals surface area (Å²) in [5, 5.41) is 3.37. The fourth-order valence-electron chi connectivity index (χ4n) is 3.56. The van der Waals surface area contributed by atoms with E-state index in [1.807, 2.05) is 34.8 Å². The van der Waals surface area contributed by atoms with Crippen LogP contribution in [0.15, 0.2) is 30.6 Å². The Labute approximate surface area is 153 Å². The van der Waals surface area contributed by atoms with Gasteiger partial charge in [0.1, 0.15) is 17.6 Å². The molecule has 0 bridgehead atoms. The lowest BCUT2D eigenvalue weighted by atomic mass is 10.0. The Morgan fingerprint density at radius 3 is 3.12 bits per heavy atom. The zero-order valence-electron chi connectivity index (χ0n) is 14.3. The highest BCUT2D eigenvalue weighted by atomic mass is 35.5. The molecule has 1 saturated heterocycles. The summed E-state index contributed by atoms with van der Waals surface area (Å²) >= 11 is 0. The van der Waals surface area contributed by atoms with Crippen LogP contribution in [0.4, 0.5) is 0 Å². The van der Waals surface area contributed by atoms with Crippen molar-refractivity contribution in [3.63, 3.8) is 0 Å². The maximum absolute atomic E-state index is 12.9. The second kappa shape index (κ2) is 7.45. The number of fused-ring (bicyclic) bond motifs is 1. The fraction of sp³-hybridized carbons (Fsp3) is 0.444. The lowest BCUT2D eigenvalue weighted by molar-refractivity contribution is -0.134. The van der Waals surface area contributed by atoms with Crippen LogP contribution in [0, 0.1) is 0 Å². The van der Waals surface area contributed by atoms with Crippen LogP contribution in [0.25, 0.3) is 0 Å². The molecule has 4 rings (SSSR count). The highest BCUT2D eigenvalue weighted by Gasteiger charge is 2.30. The number of rotatable bonds is 3. The van der Waals surface area contributed by atoms with Gasteiger partial charge in [-0.15, -0.1) is 12.4 Å². The van der Waals surface area contributed by atoms with Crippen LogP contribution >= 0.6 is 12.4 Å². The molecule has 2 aliphatic rings. The van der Waals surface area contributed by atoms with Gasteiger partial charge in [-0.25, -0.2) is 4.98 Å². The number of imidazole rings is 1. The van der Waals surface area contributed by atoms with E-state index in [-0.39, 0.29) is 24.4 Å². The van der Waals surface area contributed by atoms with Crippen LogP contribution in [-0.2, 0) is 24.7 Å². The first kappa shape index (κ1) is 17.8. The molecule has 3 heterocycles. The number of carbonyl (C=O) groups excluding carboxylic acids is 1. The van der Waals surface area contributed by atoms with Gasteiger partial charge in [-0.2, -0.15) is 0 Å². The topological polar surface area (TPSA) is 59.4 Å². The number of halogens is 1. The van der Waals surface area contributed by atoms with Crippen molar-refractivity contribution in [2.24, 2.45) is 7.05 Å². The van der Waals surface area contributed by atoms with E-state index < -0.39 is 0 Å². The van der Waals surface area contributed by atoms with E-state index in [1.54, 1.807) is 6.20 Å². The van der Waals surface area contributed by atoms with Gasteiger partial charge in [0.25, 0.3) is 0 Å². The van der Waals surface area contributed by atoms with Crippen LogP contribution < -0.4 is 10.1 Å². The van der Waals surface area contributed by atoms with Crippen molar-refractivity contribution >= 4 is 18.3 Å². The Bertz CT molecular complexity index is 761. The van der Waals surface area contributed by atoms with Crippen molar-refractivity contribution in [2.45, 2.75) is 18.9 Å². The summed E-state index contributed by atoms with van der Waals surface area (Å²) in [6.45, 7) is 3.02. The summed E-state index contributed by atoms with van der Waals surface area (Å²) in [6.07, 6.45) is 5.06. The number of carbonyl (C=O) groups is 1. The largest absolute Gasteiger partial charge is 0.493 e. The summed E-state index contributed by atoms with van der Waals surface area (Å²) in [5.41, 5.74) is 2.27. The normalized spacial score (nSPS) is 19.1. The molecule has 6 nitrogen and oxygen atoms in total. The minimum atomic E-state index is -0.0102. The SMILES string of the molecule is Cl.Cn1ccnc1C1CNCCN1C(=O)Cc1ccc2c(c1)CCO2. The average Bonchev–Trinajstić information content (AvgIpc) is 3.23. The number of aromatic nitrogens is 2. The Kier molecular flexibility index (Phi) is 5.30. The molecule has 1 aromatic heterocycles. The van der Waals surface area contributed by atoms with Gasteiger partial charge in [-0.1, -0.05) is 12.1 Å². The minimum absolute atomic E-state index is 0. The molecular formula is C18H23ClN4O2. The van der Waals surface area contributed by atoms with Gasteiger partial charge in [-0.05, 0) is 17.2 Å². The van der Waals surface area contributed by atoms with Gasteiger partial charge < -0.3 is 19.5 Å². The van der Waals surface area contributed by atoms with Crippen molar-refractivity contribution in [1.29, 1.82) is 0 Å². The molecule has 0 radical (unpaired) electrons. The third-order valence-electron chi connectivity index (χ3n) is 4.83. The number of benzene rings is 1. The molecule has 25 heavy (non-hydrogen) atoms. The predicted octanol–water partition coefficient (Wildman–Crippen LogP) is 1.49. The molecule has 1 fully saturated rings. The maximum Gasteiger partial charge on any atom is 0.227 e. The molecule has 1 atom stereocenters. The second-order valence-corrected chi connectivity index (χ2v) is 6.42. The van der Waals surface area contributed by atoms with Crippen LogP contribution in [0.1, 0.15) is 23.0 Å². The number of piperazine rings is 1. The van der Waals surface area contributed by atoms with Crippen LogP contribution in [0.5, 0.6) is 5.75 Å². The zero-order chi connectivity index (χ0) is 16.5. The molecule has 134 valence electrons. The standard InChI is InChI=1S/C18H22N4O2.ClH/c1-21-7-6-20-18(21)15-12-19-5-8-22(15)17(23)11-13-2-3-16-14(10-13)4-9-24-16;/h2-3,6-7,10,15,19H,4-5,8-9,11-12H2,1H3;1H. The van der Waals surface area contributed by atoms with Crippen molar-refractivity contribution in [3.8, 4) is 5.75 Å². The van der Waals surface area contributed by atoms with E-state index in [1.165, 1.54) is 5.56 Å². The molecule has 7 heteroatoms. The van der Waals surface area contributed by atoms with Crippen molar-refractivity contribution in [2.75, 3.05) is 26.2 Å². The highest BCUT2D eigenvalue weighted by molar-refractivity contribution is 5.85. The lowest BCUT2D eigenvalue weighted by Gasteiger charge is -2.36. The molecular weight excluding hydrogens is 340 g/mol. The quantitative estimate of drug-likeness (QED) is 0.898. The minimum Gasteiger partial charge on any atom is -0.493 e. The Hall–Kier alpha value is -2.05. The van der Waals surface area contributed by atoms with Crippen LogP contribution in [-0.4, -0.2) is 46.6 Å². The monoisotopic (exact) mass is 362 g/mol. The van der Waals surface area contributed by atoms with E-state index in [2.05, 4.69) is 16.4 Å². The predicted molar refractivity (Wildman–Crippen MR) is 97.1 cm³/mol. The van der Waals surface area contributed by atoms with E-state index in [0.717, 1.165) is 43.3 Å². The number of ether oxygens (including phenoxy) is 1. The summed E-state index contributed by atoms with van der Waals surface area (Å²) in [4.78, 5) is 19.3. The Morgan fingerprint density at radius 1 is 1.44 bits per heavy atom. The molecule has 2 aliphatic heterocycles. The molecule has 2 aromatic rings. The van der Waals surface area contributed by atoms with Crippen LogP contribution in [0.3, 0.4) is 0 Å². The van der Waals surface area contributed by atoms with Crippen molar-refractivity contribution < 1.29 is 9.53 Å². The number of hydrogen-bond acceptors (Lipinski definition) is 4. The van der Waals surface area contributed by atoms with E-state index in [4.69, 9.17) is 4.74 Å². The van der Waals surface area contributed by atoms with E-state index in [0.29, 0.717) is 13.0 Å². The second-order valence-electron chi connectivity index (χ2n) is 6.42. The molecule has 1 unspecified atom stereocenters. The number of aryl methyl sites for hydroxylation is 1. The molecule has 0 spiro atoms. The Morgan fingerprint density at radius 2 is 2.32 bits per heavy atom. The Balaban J connectivity index is 0.00000182. The van der Waals surface area contributed by atoms with Crippen molar-refractivity contribution in [3.05, 3.63) is 47.5 Å². The van der Waals surface area contributed by atoms with Gasteiger partial charge in [-0.3, -0.25) is 4.79 Å². The smallest absolute Gasteiger partial charge is 0.227 e. The molecule has 1 aromatic carbocycles. The molecule has 1 amide bonds. The number of nitrogens with one attached hydrogen (secondary N) is 1. The first-order valence-electron chi connectivity index (χ1n) is 8.44. The van der Waals surface area contributed by atoms with Gasteiger partial charge in [0.2, 0.25) is 5.91 Å². The first-order chi connectivity index (χ1) is 11.7. The zero-order valence-corrected chi connectivity index (χ0v) is 15.1. The molecule has 1 N–H and O–H groups in total. The summed E-state index contributed by atoms with van der Waals surface area (Å²) in [6, 6.07) is 6.08. The number of hydrogen-bond donors (Lipinski definition) is 1. The van der Waals surface area contributed by atoms with Crippen LogP contribution in [0.2, 0.25) is 0 Å². The summed E-state index contributed by atoms with van der Waals surface area (Å²) < 4.78 is 7.53. The third kappa shape index (κ3) is 3.50. The number of amides is 1. The lowest BCUT2D eigenvalue weighted by Crippen LogP contribution is -2.49. The van der Waals surface area contributed by atoms with Gasteiger partial charge in [0, 0.05) is 45.5 Å². The van der Waals surface area contributed by atoms with E-state index >= 15 is 0 Å². The maximum atomic E-state index is 12.9. The van der Waals surface area contributed by atoms with Crippen molar-refractivity contribution in [1.82, 2.24) is 19.8 Å². The average molecular weight is 363 g/mol. The summed E-state index contributed by atoms with van der Waals surface area (Å²) in [7, 11) is 1.97. The molecule has 0 aliphatic carbocycles. The van der Waals surface area contributed by atoms with Gasteiger partial charge >= 0.3 is 0 Å². The highest BCUT2D eigenvalue weighted by Crippen LogP contribution is 2.27.